The largest absolute Gasteiger partial charge is 0.396 e. The van der Waals surface area contributed by atoms with Gasteiger partial charge in [-0.3, -0.25) is 0 Å². The van der Waals surface area contributed by atoms with Crippen LogP contribution in [0.4, 0.5) is 0 Å². The van der Waals surface area contributed by atoms with E-state index in [0.29, 0.717) is 30.3 Å². The molecule has 1 N–H and O–H groups in total. The van der Waals surface area contributed by atoms with Crippen molar-refractivity contribution in [3.8, 4) is 0 Å². The van der Waals surface area contributed by atoms with Crippen LogP contribution in [0.5, 0.6) is 0 Å². The number of hydrogen-bond donors (Lipinski definition) is 1. The lowest BCUT2D eigenvalue weighted by atomic mass is 9.67. The third-order valence-electron chi connectivity index (χ3n) is 5.17. The van der Waals surface area contributed by atoms with E-state index in [1.54, 1.807) is 0 Å². The minimum absolute atomic E-state index is 0.256. The maximum atomic E-state index is 9.61. The first kappa shape index (κ1) is 15.5. The van der Waals surface area contributed by atoms with Gasteiger partial charge < -0.3 is 9.84 Å². The fourth-order valence-electron chi connectivity index (χ4n) is 3.68. The monoisotopic (exact) mass is 276 g/mol. The molecule has 1 fully saturated rings. The van der Waals surface area contributed by atoms with E-state index in [9.17, 15) is 5.11 Å². The molecule has 1 aromatic carbocycles. The molecule has 0 spiro atoms. The van der Waals surface area contributed by atoms with Crippen molar-refractivity contribution < 1.29 is 9.84 Å². The van der Waals surface area contributed by atoms with Crippen molar-refractivity contribution >= 4 is 0 Å². The topological polar surface area (TPSA) is 29.5 Å². The Kier molecular flexibility index (Phi) is 5.62. The normalized spacial score (nSPS) is 34.1. The maximum Gasteiger partial charge on any atom is 0.0720 e. The molecular weight excluding hydrogens is 248 g/mol. The Morgan fingerprint density at radius 2 is 1.75 bits per heavy atom. The Bertz CT molecular complexity index is 374. The van der Waals surface area contributed by atoms with Gasteiger partial charge in [0.2, 0.25) is 0 Å². The summed E-state index contributed by atoms with van der Waals surface area (Å²) in [5.74, 6) is 2.06. The molecule has 0 bridgehead atoms. The molecule has 0 radical (unpaired) electrons. The van der Waals surface area contributed by atoms with Crippen molar-refractivity contribution in [2.75, 3.05) is 6.61 Å². The average molecular weight is 276 g/mol. The maximum absolute atomic E-state index is 9.61. The minimum Gasteiger partial charge on any atom is -0.396 e. The van der Waals surface area contributed by atoms with E-state index in [1.165, 1.54) is 12.0 Å². The molecule has 0 unspecified atom stereocenters. The van der Waals surface area contributed by atoms with Crippen LogP contribution >= 0.6 is 0 Å². The Hall–Kier alpha value is -0.860. The molecule has 0 amide bonds. The van der Waals surface area contributed by atoms with Crippen molar-refractivity contribution in [1.82, 2.24) is 0 Å². The highest BCUT2D eigenvalue weighted by molar-refractivity contribution is 5.13. The van der Waals surface area contributed by atoms with Gasteiger partial charge in [0.1, 0.15) is 0 Å². The highest BCUT2D eigenvalue weighted by Crippen LogP contribution is 2.41. The van der Waals surface area contributed by atoms with Crippen LogP contribution in [0.3, 0.4) is 0 Å². The molecule has 0 heterocycles. The van der Waals surface area contributed by atoms with Crippen molar-refractivity contribution in [3.05, 3.63) is 35.9 Å². The number of benzene rings is 1. The van der Waals surface area contributed by atoms with E-state index in [1.807, 2.05) is 6.07 Å². The fourth-order valence-corrected chi connectivity index (χ4v) is 3.68. The zero-order valence-electron chi connectivity index (χ0n) is 13.0. The van der Waals surface area contributed by atoms with Crippen molar-refractivity contribution in [1.29, 1.82) is 0 Å². The first-order valence-electron chi connectivity index (χ1n) is 7.93. The van der Waals surface area contributed by atoms with E-state index in [4.69, 9.17) is 4.74 Å². The van der Waals surface area contributed by atoms with E-state index < -0.39 is 0 Å². The van der Waals surface area contributed by atoms with Crippen molar-refractivity contribution in [2.45, 2.75) is 46.3 Å². The second-order valence-corrected chi connectivity index (χ2v) is 6.33. The predicted octanol–water partition coefficient (Wildman–Crippen LogP) is 3.88. The summed E-state index contributed by atoms with van der Waals surface area (Å²) in [5, 5.41) is 9.61. The lowest BCUT2D eigenvalue weighted by Crippen LogP contribution is -2.44. The summed E-state index contributed by atoms with van der Waals surface area (Å²) in [5.41, 5.74) is 1.23. The molecule has 2 nitrogen and oxygen atoms in total. The van der Waals surface area contributed by atoms with Gasteiger partial charge in [-0.1, -0.05) is 57.5 Å². The molecule has 0 saturated heterocycles. The lowest BCUT2D eigenvalue weighted by molar-refractivity contribution is -0.0971. The number of hydrogen-bond acceptors (Lipinski definition) is 2. The molecule has 0 aliphatic heterocycles. The van der Waals surface area contributed by atoms with Crippen LogP contribution in [0.15, 0.2) is 30.3 Å². The second-order valence-electron chi connectivity index (χ2n) is 6.33. The van der Waals surface area contributed by atoms with Gasteiger partial charge in [0.05, 0.1) is 12.7 Å². The number of ether oxygens (including phenoxy) is 1. The number of aliphatic hydroxyl groups is 1. The molecular formula is C18H28O2. The highest BCUT2D eigenvalue weighted by atomic mass is 16.5. The summed E-state index contributed by atoms with van der Waals surface area (Å²) in [4.78, 5) is 0. The molecule has 20 heavy (non-hydrogen) atoms. The molecule has 1 aliphatic rings. The summed E-state index contributed by atoms with van der Waals surface area (Å²) < 4.78 is 6.25. The van der Waals surface area contributed by atoms with E-state index in [-0.39, 0.29) is 12.7 Å². The fraction of sp³-hybridized carbons (Fsp3) is 0.667. The van der Waals surface area contributed by atoms with Crippen LogP contribution in [-0.4, -0.2) is 17.8 Å². The van der Waals surface area contributed by atoms with E-state index in [2.05, 4.69) is 45.0 Å². The Morgan fingerprint density at radius 3 is 2.35 bits per heavy atom. The third-order valence-corrected chi connectivity index (χ3v) is 5.17. The summed E-state index contributed by atoms with van der Waals surface area (Å²) in [6.07, 6.45) is 2.57. The molecule has 2 heteroatoms. The SMILES string of the molecule is CC[C@H]1C[C@@H](CO)[C@H](C)[C@@H](OCc2ccccc2)[C@@H]1C. The lowest BCUT2D eigenvalue weighted by Gasteiger charge is -2.44. The Morgan fingerprint density at radius 1 is 1.10 bits per heavy atom. The molecule has 112 valence electrons. The zero-order valence-corrected chi connectivity index (χ0v) is 13.0. The summed E-state index contributed by atoms with van der Waals surface area (Å²) in [6.45, 7) is 7.76. The Labute approximate surface area is 123 Å². The van der Waals surface area contributed by atoms with Crippen LogP contribution in [-0.2, 0) is 11.3 Å². The van der Waals surface area contributed by atoms with Gasteiger partial charge in [-0.05, 0) is 35.7 Å². The van der Waals surface area contributed by atoms with Gasteiger partial charge in [0.25, 0.3) is 0 Å². The summed E-state index contributed by atoms with van der Waals surface area (Å²) >= 11 is 0. The van der Waals surface area contributed by atoms with Crippen molar-refractivity contribution in [2.24, 2.45) is 23.7 Å². The smallest absolute Gasteiger partial charge is 0.0720 e. The Balaban J connectivity index is 2.02. The summed E-state index contributed by atoms with van der Waals surface area (Å²) in [6, 6.07) is 10.4. The minimum atomic E-state index is 0.256. The predicted molar refractivity (Wildman–Crippen MR) is 82.3 cm³/mol. The standard InChI is InChI=1S/C18H28O2/c1-4-16-10-17(11-19)14(3)18(13(16)2)20-12-15-8-6-5-7-9-15/h5-9,13-14,16-19H,4,10-12H2,1-3H3/t13-,14+,16+,17+,18+/m1/s1. The van der Waals surface area contributed by atoms with Crippen LogP contribution in [0, 0.1) is 23.7 Å². The third kappa shape index (κ3) is 3.42. The molecule has 0 aromatic heterocycles. The van der Waals surface area contributed by atoms with Crippen LogP contribution in [0.2, 0.25) is 0 Å². The average Bonchev–Trinajstić information content (AvgIpc) is 2.48. The zero-order chi connectivity index (χ0) is 14.5. The molecule has 1 aliphatic carbocycles. The van der Waals surface area contributed by atoms with Gasteiger partial charge in [0.15, 0.2) is 0 Å². The van der Waals surface area contributed by atoms with Gasteiger partial charge >= 0.3 is 0 Å². The summed E-state index contributed by atoms with van der Waals surface area (Å²) in [7, 11) is 0. The highest BCUT2D eigenvalue weighted by Gasteiger charge is 2.39. The molecule has 2 rings (SSSR count). The quantitative estimate of drug-likeness (QED) is 0.884. The van der Waals surface area contributed by atoms with Gasteiger partial charge in [-0.15, -0.1) is 0 Å². The van der Waals surface area contributed by atoms with Crippen LogP contribution in [0.25, 0.3) is 0 Å². The molecule has 5 atom stereocenters. The van der Waals surface area contributed by atoms with E-state index in [0.717, 1.165) is 6.42 Å². The van der Waals surface area contributed by atoms with Crippen molar-refractivity contribution in [3.63, 3.8) is 0 Å². The van der Waals surface area contributed by atoms with Gasteiger partial charge in [-0.2, -0.15) is 0 Å². The molecule has 1 saturated carbocycles. The van der Waals surface area contributed by atoms with Gasteiger partial charge in [-0.25, -0.2) is 0 Å². The first-order chi connectivity index (χ1) is 9.67. The van der Waals surface area contributed by atoms with Gasteiger partial charge in [0, 0.05) is 6.61 Å². The number of rotatable bonds is 5. The number of aliphatic hydroxyl groups excluding tert-OH is 1. The van der Waals surface area contributed by atoms with E-state index >= 15 is 0 Å². The first-order valence-corrected chi connectivity index (χ1v) is 7.93. The molecule has 1 aromatic rings. The van der Waals surface area contributed by atoms with Crippen LogP contribution in [0.1, 0.15) is 39.2 Å². The second kappa shape index (κ2) is 7.24. The van der Waals surface area contributed by atoms with Crippen LogP contribution < -0.4 is 0 Å².